The lowest BCUT2D eigenvalue weighted by atomic mass is 10.0. The fraction of sp³-hybridized carbons (Fsp3) is 0.0400. The third-order valence-electron chi connectivity index (χ3n) is 10.9. The summed E-state index contributed by atoms with van der Waals surface area (Å²) in [4.78, 5) is 0. The summed E-state index contributed by atoms with van der Waals surface area (Å²) in [7, 11) is 0. The number of nitrogens with zero attached hydrogens (tertiary/aromatic N) is 2. The van der Waals surface area contributed by atoms with Crippen LogP contribution < -0.4 is 0 Å². The van der Waals surface area contributed by atoms with Crippen LogP contribution in [0.1, 0.15) is 13.8 Å². The maximum Gasteiger partial charge on any atom is 0.145 e. The number of benzene rings is 8. The molecule has 0 atom stereocenters. The van der Waals surface area contributed by atoms with Crippen LogP contribution in [-0.4, -0.2) is 9.13 Å². The second-order valence-corrected chi connectivity index (χ2v) is 13.6. The van der Waals surface area contributed by atoms with Crippen LogP contribution in [0.3, 0.4) is 0 Å². The van der Waals surface area contributed by atoms with Crippen molar-refractivity contribution in [3.05, 3.63) is 170 Å². The van der Waals surface area contributed by atoms with Crippen LogP contribution in [0, 0.1) is 0 Å². The summed E-state index contributed by atoms with van der Waals surface area (Å²) < 4.78 is 18.2. The van der Waals surface area contributed by atoms with E-state index in [9.17, 15) is 0 Å². The molecule has 4 aromatic heterocycles. The Morgan fingerprint density at radius 1 is 0.333 bits per heavy atom. The van der Waals surface area contributed by atoms with Gasteiger partial charge in [0.25, 0.3) is 0 Å². The van der Waals surface area contributed by atoms with Gasteiger partial charge in [-0.05, 0) is 72.3 Å². The van der Waals surface area contributed by atoms with E-state index >= 15 is 0 Å². The minimum Gasteiger partial charge on any atom is -0.455 e. The number of fused-ring (bicyclic) bond motifs is 14. The smallest absolute Gasteiger partial charge is 0.145 e. The van der Waals surface area contributed by atoms with Crippen molar-refractivity contribution >= 4 is 87.5 Å². The number of rotatable bonds is 3. The first-order valence-corrected chi connectivity index (χ1v) is 18.7. The van der Waals surface area contributed by atoms with E-state index < -0.39 is 0 Å². The van der Waals surface area contributed by atoms with Crippen molar-refractivity contribution < 1.29 is 8.83 Å². The molecule has 0 aliphatic heterocycles. The van der Waals surface area contributed by atoms with Crippen LogP contribution in [0.2, 0.25) is 0 Å². The number of hydrogen-bond donors (Lipinski definition) is 0. The van der Waals surface area contributed by atoms with Crippen molar-refractivity contribution in [2.45, 2.75) is 13.8 Å². The summed E-state index contributed by atoms with van der Waals surface area (Å²) >= 11 is 0. The zero-order chi connectivity index (χ0) is 35.9. The Balaban J connectivity index is 0.00000168. The van der Waals surface area contributed by atoms with Crippen molar-refractivity contribution in [1.29, 1.82) is 0 Å². The van der Waals surface area contributed by atoms with Gasteiger partial charge in [0.05, 0.1) is 32.8 Å². The minimum absolute atomic E-state index is 0.909. The molecule has 0 radical (unpaired) electrons. The van der Waals surface area contributed by atoms with Crippen LogP contribution in [0.5, 0.6) is 0 Å². The lowest BCUT2D eigenvalue weighted by Crippen LogP contribution is -1.93. The average Bonchev–Trinajstić information content (AvgIpc) is 3.99. The van der Waals surface area contributed by atoms with Gasteiger partial charge in [0.1, 0.15) is 22.3 Å². The maximum atomic E-state index is 7.10. The Morgan fingerprint density at radius 3 is 1.46 bits per heavy atom. The van der Waals surface area contributed by atoms with Gasteiger partial charge in [-0.3, -0.25) is 0 Å². The van der Waals surface area contributed by atoms with Crippen molar-refractivity contribution in [3.63, 3.8) is 0 Å². The summed E-state index contributed by atoms with van der Waals surface area (Å²) in [5, 5.41) is 9.14. The standard InChI is InChI=1S/C48H28N2O2.C2H6/c1-2-11-30(12-3-1)49-39-18-7-4-14-37(39)44-41(49)27-25-35-36-26-28-42-45(48(36)52-47(35)44)38-15-5-8-19-40(38)50(42)31-23-21-29(22-24-31)32-16-10-17-34-33-13-6-9-20-43(33)51-46(32)34;1-2/h1-28H;1-2H3. The molecule has 0 saturated carbocycles. The Kier molecular flexibility index (Phi) is 6.65. The second kappa shape index (κ2) is 11.7. The summed E-state index contributed by atoms with van der Waals surface area (Å²) in [5.41, 5.74) is 12.7. The van der Waals surface area contributed by atoms with E-state index in [1.54, 1.807) is 0 Å². The Morgan fingerprint density at radius 2 is 0.833 bits per heavy atom. The molecule has 4 heteroatoms. The van der Waals surface area contributed by atoms with Crippen LogP contribution in [0.25, 0.3) is 110 Å². The maximum absolute atomic E-state index is 7.10. The molecule has 0 saturated heterocycles. The Hall–Kier alpha value is -7.04. The molecular weight excluding hydrogens is 661 g/mol. The van der Waals surface area contributed by atoms with Gasteiger partial charge in [-0.2, -0.15) is 0 Å². The van der Waals surface area contributed by atoms with E-state index in [4.69, 9.17) is 8.83 Å². The van der Waals surface area contributed by atoms with Gasteiger partial charge in [-0.15, -0.1) is 0 Å². The summed E-state index contributed by atoms with van der Waals surface area (Å²) in [6.07, 6.45) is 0. The van der Waals surface area contributed by atoms with E-state index in [0.29, 0.717) is 0 Å². The molecule has 4 nitrogen and oxygen atoms in total. The molecule has 256 valence electrons. The minimum atomic E-state index is 0.909. The van der Waals surface area contributed by atoms with Crippen LogP contribution >= 0.6 is 0 Å². The zero-order valence-electron chi connectivity index (χ0n) is 29.9. The molecule has 8 aromatic carbocycles. The van der Waals surface area contributed by atoms with E-state index in [1.807, 2.05) is 26.0 Å². The third-order valence-corrected chi connectivity index (χ3v) is 10.9. The summed E-state index contributed by atoms with van der Waals surface area (Å²) in [5.74, 6) is 0. The van der Waals surface area contributed by atoms with Crippen LogP contribution in [0.4, 0.5) is 0 Å². The molecule has 0 N–H and O–H groups in total. The Bertz CT molecular complexity index is 3390. The zero-order valence-corrected chi connectivity index (χ0v) is 29.9. The molecule has 0 unspecified atom stereocenters. The lowest BCUT2D eigenvalue weighted by molar-refractivity contribution is 0.670. The molecule has 0 spiro atoms. The lowest BCUT2D eigenvalue weighted by Gasteiger charge is -2.09. The highest BCUT2D eigenvalue weighted by molar-refractivity contribution is 6.29. The van der Waals surface area contributed by atoms with E-state index in [1.165, 1.54) is 16.3 Å². The van der Waals surface area contributed by atoms with Gasteiger partial charge in [0.15, 0.2) is 0 Å². The molecular formula is C50H34N2O2. The topological polar surface area (TPSA) is 36.1 Å². The number of hydrogen-bond acceptors (Lipinski definition) is 2. The first-order chi connectivity index (χ1) is 26.8. The van der Waals surface area contributed by atoms with Crippen LogP contribution in [0.15, 0.2) is 179 Å². The average molecular weight is 695 g/mol. The van der Waals surface area contributed by atoms with Crippen molar-refractivity contribution in [1.82, 2.24) is 9.13 Å². The van der Waals surface area contributed by atoms with E-state index in [0.717, 1.165) is 93.7 Å². The third kappa shape index (κ3) is 4.19. The van der Waals surface area contributed by atoms with Gasteiger partial charge in [-0.1, -0.05) is 117 Å². The highest BCUT2D eigenvalue weighted by atomic mass is 16.3. The van der Waals surface area contributed by atoms with Gasteiger partial charge >= 0.3 is 0 Å². The predicted octanol–water partition coefficient (Wildman–Crippen LogP) is 14.4. The highest BCUT2D eigenvalue weighted by Gasteiger charge is 2.22. The van der Waals surface area contributed by atoms with Crippen LogP contribution in [-0.2, 0) is 0 Å². The number of aromatic nitrogens is 2. The second-order valence-electron chi connectivity index (χ2n) is 13.6. The largest absolute Gasteiger partial charge is 0.455 e. The van der Waals surface area contributed by atoms with Crippen molar-refractivity contribution in [2.75, 3.05) is 0 Å². The Labute approximate surface area is 310 Å². The molecule has 54 heavy (non-hydrogen) atoms. The molecule has 0 fully saturated rings. The summed E-state index contributed by atoms with van der Waals surface area (Å²) in [6.45, 7) is 4.00. The molecule has 12 rings (SSSR count). The molecule has 0 aliphatic rings. The summed E-state index contributed by atoms with van der Waals surface area (Å²) in [6, 6.07) is 60.4. The van der Waals surface area contributed by atoms with Crippen molar-refractivity contribution in [3.8, 4) is 22.5 Å². The molecule has 0 aliphatic carbocycles. The number of para-hydroxylation sites is 5. The first kappa shape index (κ1) is 30.6. The monoisotopic (exact) mass is 694 g/mol. The fourth-order valence-corrected chi connectivity index (χ4v) is 8.69. The predicted molar refractivity (Wildman–Crippen MR) is 226 cm³/mol. The van der Waals surface area contributed by atoms with Crippen molar-refractivity contribution in [2.24, 2.45) is 0 Å². The normalized spacial score (nSPS) is 11.9. The molecule has 0 amide bonds. The quantitative estimate of drug-likeness (QED) is 0.185. The first-order valence-electron chi connectivity index (χ1n) is 18.7. The van der Waals surface area contributed by atoms with Gasteiger partial charge in [0, 0.05) is 49.3 Å². The SMILES string of the molecule is CC.c1ccc(-n2c3ccccc3c3c4oc5c(ccc6c5c5ccccc5n6-c5ccc(-c6cccc7c6oc6ccccc67)cc5)c4ccc32)cc1. The van der Waals surface area contributed by atoms with E-state index in [-0.39, 0.29) is 0 Å². The molecule has 0 bridgehead atoms. The molecule has 4 heterocycles. The van der Waals surface area contributed by atoms with Gasteiger partial charge in [0.2, 0.25) is 0 Å². The molecule has 12 aromatic rings. The number of furan rings is 2. The highest BCUT2D eigenvalue weighted by Crippen LogP contribution is 2.45. The van der Waals surface area contributed by atoms with Gasteiger partial charge in [-0.25, -0.2) is 0 Å². The fourth-order valence-electron chi connectivity index (χ4n) is 8.69. The van der Waals surface area contributed by atoms with E-state index in [2.05, 4.69) is 167 Å². The van der Waals surface area contributed by atoms with Gasteiger partial charge < -0.3 is 18.0 Å².